The molecule has 3 rings (SSSR count). The van der Waals surface area contributed by atoms with Gasteiger partial charge in [-0.05, 0) is 38.1 Å². The maximum atomic E-state index is 14.0. The molecule has 0 unspecified atom stereocenters. The maximum Gasteiger partial charge on any atom is 0.260 e. The van der Waals surface area contributed by atoms with Crippen LogP contribution in [0.2, 0.25) is 5.02 Å². The SMILES string of the molecule is CCOc1ccccc1C(=O)Nc1cc(C)n(Cc2c(F)cccc2Cl)n1. The summed E-state index contributed by atoms with van der Waals surface area (Å²) in [6, 6.07) is 13.3. The van der Waals surface area contributed by atoms with Crippen LogP contribution in [-0.4, -0.2) is 22.3 Å². The normalized spacial score (nSPS) is 10.7. The Morgan fingerprint density at radius 1 is 1.26 bits per heavy atom. The van der Waals surface area contributed by atoms with Crippen molar-refractivity contribution in [2.45, 2.75) is 20.4 Å². The molecule has 1 heterocycles. The van der Waals surface area contributed by atoms with Crippen LogP contribution in [0.5, 0.6) is 5.75 Å². The summed E-state index contributed by atoms with van der Waals surface area (Å²) in [4.78, 5) is 12.6. The first kappa shape index (κ1) is 18.9. The fourth-order valence-corrected chi connectivity index (χ4v) is 2.91. The van der Waals surface area contributed by atoms with E-state index in [1.54, 1.807) is 47.1 Å². The number of nitrogens with zero attached hydrogens (tertiary/aromatic N) is 2. The van der Waals surface area contributed by atoms with Crippen molar-refractivity contribution < 1.29 is 13.9 Å². The predicted molar refractivity (Wildman–Crippen MR) is 103 cm³/mol. The molecule has 0 aliphatic carbocycles. The van der Waals surface area contributed by atoms with E-state index in [9.17, 15) is 9.18 Å². The largest absolute Gasteiger partial charge is 0.493 e. The number of hydrogen-bond acceptors (Lipinski definition) is 3. The van der Waals surface area contributed by atoms with Crippen LogP contribution >= 0.6 is 11.6 Å². The Morgan fingerprint density at radius 3 is 2.78 bits per heavy atom. The minimum absolute atomic E-state index is 0.169. The molecular weight excluding hydrogens is 369 g/mol. The van der Waals surface area contributed by atoms with E-state index >= 15 is 0 Å². The molecule has 1 aromatic heterocycles. The fourth-order valence-electron chi connectivity index (χ4n) is 2.68. The minimum atomic E-state index is -0.395. The van der Waals surface area contributed by atoms with Crippen LogP contribution < -0.4 is 10.1 Å². The van der Waals surface area contributed by atoms with Gasteiger partial charge in [0.25, 0.3) is 5.91 Å². The number of carbonyl (C=O) groups is 1. The van der Waals surface area contributed by atoms with E-state index in [-0.39, 0.29) is 12.5 Å². The number of anilines is 1. The van der Waals surface area contributed by atoms with Crippen LogP contribution in [-0.2, 0) is 6.54 Å². The number of rotatable bonds is 6. The summed E-state index contributed by atoms with van der Waals surface area (Å²) in [6.07, 6.45) is 0. The van der Waals surface area contributed by atoms with Crippen molar-refractivity contribution in [3.8, 4) is 5.75 Å². The van der Waals surface area contributed by atoms with Gasteiger partial charge in [-0.15, -0.1) is 0 Å². The lowest BCUT2D eigenvalue weighted by atomic mass is 10.2. The summed E-state index contributed by atoms with van der Waals surface area (Å²) in [5, 5.41) is 7.44. The summed E-state index contributed by atoms with van der Waals surface area (Å²) < 4.78 is 21.1. The fraction of sp³-hybridized carbons (Fsp3) is 0.200. The van der Waals surface area contributed by atoms with Crippen LogP contribution in [0.3, 0.4) is 0 Å². The van der Waals surface area contributed by atoms with Gasteiger partial charge < -0.3 is 10.1 Å². The first-order chi connectivity index (χ1) is 13.0. The molecule has 27 heavy (non-hydrogen) atoms. The standard InChI is InChI=1S/C20H19ClFN3O2/c1-3-27-18-10-5-4-7-14(18)20(26)23-19-11-13(2)25(24-19)12-15-16(21)8-6-9-17(15)22/h4-11H,3,12H2,1-2H3,(H,23,24,26). The van der Waals surface area contributed by atoms with Crippen molar-refractivity contribution in [1.82, 2.24) is 9.78 Å². The lowest BCUT2D eigenvalue weighted by Gasteiger charge is -2.09. The summed E-state index contributed by atoms with van der Waals surface area (Å²) in [5.41, 5.74) is 1.54. The Bertz CT molecular complexity index is 951. The maximum absolute atomic E-state index is 14.0. The van der Waals surface area contributed by atoms with Crippen LogP contribution in [0.15, 0.2) is 48.5 Å². The number of ether oxygens (including phenoxy) is 1. The highest BCUT2D eigenvalue weighted by Crippen LogP contribution is 2.22. The third-order valence-electron chi connectivity index (χ3n) is 4.02. The van der Waals surface area contributed by atoms with E-state index in [0.717, 1.165) is 5.69 Å². The van der Waals surface area contributed by atoms with E-state index in [4.69, 9.17) is 16.3 Å². The second-order valence-electron chi connectivity index (χ2n) is 5.91. The van der Waals surface area contributed by atoms with Crippen molar-refractivity contribution >= 4 is 23.3 Å². The number of nitrogens with one attached hydrogen (secondary N) is 1. The van der Waals surface area contributed by atoms with Gasteiger partial charge in [0, 0.05) is 22.3 Å². The Balaban J connectivity index is 1.80. The van der Waals surface area contributed by atoms with Crippen LogP contribution in [0.1, 0.15) is 28.5 Å². The van der Waals surface area contributed by atoms with Crippen molar-refractivity contribution in [3.63, 3.8) is 0 Å². The molecule has 5 nitrogen and oxygen atoms in total. The Morgan fingerprint density at radius 2 is 2.04 bits per heavy atom. The van der Waals surface area contributed by atoms with Crippen molar-refractivity contribution in [3.05, 3.63) is 76.2 Å². The number of aromatic nitrogens is 2. The molecule has 0 saturated carbocycles. The zero-order valence-electron chi connectivity index (χ0n) is 15.0. The molecule has 0 bridgehead atoms. The van der Waals surface area contributed by atoms with Crippen molar-refractivity contribution in [2.24, 2.45) is 0 Å². The van der Waals surface area contributed by atoms with Gasteiger partial charge in [0.15, 0.2) is 5.82 Å². The molecule has 2 aromatic carbocycles. The lowest BCUT2D eigenvalue weighted by molar-refractivity contribution is 0.102. The predicted octanol–water partition coefficient (Wildman–Crippen LogP) is 4.68. The number of amides is 1. The third-order valence-corrected chi connectivity index (χ3v) is 4.38. The Labute approximate surface area is 161 Å². The molecule has 0 aliphatic heterocycles. The molecule has 0 fully saturated rings. The average molecular weight is 388 g/mol. The van der Waals surface area contributed by atoms with Gasteiger partial charge >= 0.3 is 0 Å². The molecule has 0 atom stereocenters. The summed E-state index contributed by atoms with van der Waals surface area (Å²) in [5.74, 6) is 0.157. The summed E-state index contributed by atoms with van der Waals surface area (Å²) in [6.45, 7) is 4.31. The molecule has 0 saturated heterocycles. The second-order valence-corrected chi connectivity index (χ2v) is 6.32. The summed E-state index contributed by atoms with van der Waals surface area (Å²) in [7, 11) is 0. The van der Waals surface area contributed by atoms with E-state index in [1.165, 1.54) is 6.07 Å². The highest BCUT2D eigenvalue weighted by atomic mass is 35.5. The van der Waals surface area contributed by atoms with E-state index in [0.29, 0.717) is 34.3 Å². The first-order valence-electron chi connectivity index (χ1n) is 8.50. The molecule has 3 aromatic rings. The zero-order chi connectivity index (χ0) is 19.4. The lowest BCUT2D eigenvalue weighted by Crippen LogP contribution is -2.14. The quantitative estimate of drug-likeness (QED) is 0.668. The molecule has 0 spiro atoms. The third kappa shape index (κ3) is 4.28. The van der Waals surface area contributed by atoms with E-state index < -0.39 is 5.82 Å². The Kier molecular flexibility index (Phi) is 5.76. The van der Waals surface area contributed by atoms with Crippen molar-refractivity contribution in [1.29, 1.82) is 0 Å². The minimum Gasteiger partial charge on any atom is -0.493 e. The van der Waals surface area contributed by atoms with Gasteiger partial charge in [0.1, 0.15) is 11.6 Å². The number of aryl methyl sites for hydroxylation is 1. The number of hydrogen-bond donors (Lipinski definition) is 1. The number of para-hydroxylation sites is 1. The average Bonchev–Trinajstić information content (AvgIpc) is 2.98. The molecule has 7 heteroatoms. The summed E-state index contributed by atoms with van der Waals surface area (Å²) >= 11 is 6.09. The first-order valence-corrected chi connectivity index (χ1v) is 8.88. The highest BCUT2D eigenvalue weighted by molar-refractivity contribution is 6.31. The molecule has 0 aliphatic rings. The topological polar surface area (TPSA) is 56.1 Å². The number of halogens is 2. The Hall–Kier alpha value is -2.86. The molecule has 1 N–H and O–H groups in total. The van der Waals surface area contributed by atoms with Crippen LogP contribution in [0.4, 0.5) is 10.2 Å². The number of benzene rings is 2. The van der Waals surface area contributed by atoms with E-state index in [1.807, 2.05) is 13.8 Å². The van der Waals surface area contributed by atoms with Gasteiger partial charge in [-0.3, -0.25) is 9.48 Å². The van der Waals surface area contributed by atoms with Crippen molar-refractivity contribution in [2.75, 3.05) is 11.9 Å². The highest BCUT2D eigenvalue weighted by Gasteiger charge is 2.15. The van der Waals surface area contributed by atoms with Gasteiger partial charge in [-0.25, -0.2) is 4.39 Å². The second kappa shape index (κ2) is 8.22. The van der Waals surface area contributed by atoms with E-state index in [2.05, 4.69) is 10.4 Å². The molecule has 140 valence electrons. The molecule has 0 radical (unpaired) electrons. The number of carbonyl (C=O) groups excluding carboxylic acids is 1. The van der Waals surface area contributed by atoms with Gasteiger partial charge in [0.2, 0.25) is 0 Å². The molecular formula is C20H19ClFN3O2. The van der Waals surface area contributed by atoms with Gasteiger partial charge in [0.05, 0.1) is 18.7 Å². The van der Waals surface area contributed by atoms with Gasteiger partial charge in [-0.2, -0.15) is 5.10 Å². The van der Waals surface area contributed by atoms with Gasteiger partial charge in [-0.1, -0.05) is 29.8 Å². The monoisotopic (exact) mass is 387 g/mol. The zero-order valence-corrected chi connectivity index (χ0v) is 15.8. The van der Waals surface area contributed by atoms with Crippen LogP contribution in [0, 0.1) is 12.7 Å². The molecule has 1 amide bonds. The smallest absolute Gasteiger partial charge is 0.260 e. The van der Waals surface area contributed by atoms with Crippen LogP contribution in [0.25, 0.3) is 0 Å².